The summed E-state index contributed by atoms with van der Waals surface area (Å²) in [6, 6.07) is 15.8. The summed E-state index contributed by atoms with van der Waals surface area (Å²) in [5.41, 5.74) is 4.87. The number of benzene rings is 2. The Labute approximate surface area is 166 Å². The second-order valence-corrected chi connectivity index (χ2v) is 6.41. The summed E-state index contributed by atoms with van der Waals surface area (Å²) in [5.74, 6) is 1.44. The fourth-order valence-electron chi connectivity index (χ4n) is 2.40. The van der Waals surface area contributed by atoms with Crippen molar-refractivity contribution >= 4 is 23.5 Å². The molecule has 0 aliphatic carbocycles. The fraction of sp³-hybridized carbons (Fsp3) is 0.333. The minimum Gasteiger partial charge on any atom is -0.493 e. The Balaban J connectivity index is 1.82. The molecule has 0 aromatic heterocycles. The van der Waals surface area contributed by atoms with Gasteiger partial charge in [0.25, 0.3) is 0 Å². The number of nitrogens with zero attached hydrogens (tertiary/aromatic N) is 1. The number of hydrogen-bond acceptors (Lipinski definition) is 4. The molecule has 0 amide bonds. The van der Waals surface area contributed by atoms with Gasteiger partial charge in [-0.25, -0.2) is 0 Å². The van der Waals surface area contributed by atoms with E-state index in [4.69, 9.17) is 21.7 Å². The minimum absolute atomic E-state index is 0.470. The van der Waals surface area contributed by atoms with Crippen molar-refractivity contribution in [2.45, 2.75) is 32.7 Å². The number of rotatable bonds is 10. The molecule has 2 aromatic carbocycles. The SMILES string of the molecule is CCCCCOc1ccc(/C=N/NC(=S)NCc2ccccc2)cc1OC. The van der Waals surface area contributed by atoms with Crippen LogP contribution in [0.1, 0.15) is 37.3 Å². The highest BCUT2D eigenvalue weighted by atomic mass is 32.1. The van der Waals surface area contributed by atoms with Gasteiger partial charge in [0.05, 0.1) is 19.9 Å². The highest BCUT2D eigenvalue weighted by Crippen LogP contribution is 2.27. The standard InChI is InChI=1S/C21H27N3O2S/c1-3-4-8-13-26-19-12-11-18(14-20(19)25-2)16-23-24-21(27)22-15-17-9-6-5-7-10-17/h5-7,9-12,14,16H,3-4,8,13,15H2,1-2H3,(H2,22,24,27)/b23-16+. The first-order chi connectivity index (χ1) is 13.2. The molecule has 0 saturated carbocycles. The minimum atomic E-state index is 0.470. The molecule has 6 heteroatoms. The molecule has 27 heavy (non-hydrogen) atoms. The molecule has 144 valence electrons. The zero-order valence-corrected chi connectivity index (χ0v) is 16.7. The molecular weight excluding hydrogens is 358 g/mol. The Morgan fingerprint density at radius 3 is 2.67 bits per heavy atom. The van der Waals surface area contributed by atoms with Gasteiger partial charge in [0, 0.05) is 6.54 Å². The Morgan fingerprint density at radius 2 is 1.93 bits per heavy atom. The van der Waals surface area contributed by atoms with Gasteiger partial charge in [0.15, 0.2) is 16.6 Å². The van der Waals surface area contributed by atoms with Gasteiger partial charge < -0.3 is 14.8 Å². The van der Waals surface area contributed by atoms with Crippen LogP contribution in [-0.4, -0.2) is 25.0 Å². The van der Waals surface area contributed by atoms with Crippen LogP contribution in [0.3, 0.4) is 0 Å². The van der Waals surface area contributed by atoms with Gasteiger partial charge in [-0.1, -0.05) is 50.1 Å². The van der Waals surface area contributed by atoms with Crippen LogP contribution in [0.2, 0.25) is 0 Å². The molecule has 0 fully saturated rings. The molecule has 2 N–H and O–H groups in total. The number of methoxy groups -OCH3 is 1. The lowest BCUT2D eigenvalue weighted by Gasteiger charge is -2.11. The molecule has 0 radical (unpaired) electrons. The molecule has 0 bridgehead atoms. The Hall–Kier alpha value is -2.60. The first-order valence-electron chi connectivity index (χ1n) is 9.14. The van der Waals surface area contributed by atoms with E-state index in [0.717, 1.165) is 29.7 Å². The number of unbranched alkanes of at least 4 members (excludes halogenated alkanes) is 2. The molecule has 0 atom stereocenters. The maximum absolute atomic E-state index is 5.79. The van der Waals surface area contributed by atoms with E-state index in [1.54, 1.807) is 13.3 Å². The van der Waals surface area contributed by atoms with Crippen LogP contribution in [0.25, 0.3) is 0 Å². The molecule has 5 nitrogen and oxygen atoms in total. The average molecular weight is 386 g/mol. The molecule has 0 aliphatic rings. The van der Waals surface area contributed by atoms with Gasteiger partial charge in [-0.2, -0.15) is 5.10 Å². The van der Waals surface area contributed by atoms with Crippen LogP contribution in [-0.2, 0) is 6.54 Å². The Kier molecular flexibility index (Phi) is 9.13. The van der Waals surface area contributed by atoms with E-state index >= 15 is 0 Å². The smallest absolute Gasteiger partial charge is 0.187 e. The van der Waals surface area contributed by atoms with Crippen LogP contribution in [0, 0.1) is 0 Å². The van der Waals surface area contributed by atoms with Crippen LogP contribution < -0.4 is 20.2 Å². The zero-order valence-electron chi connectivity index (χ0n) is 15.9. The zero-order chi connectivity index (χ0) is 19.3. The second-order valence-electron chi connectivity index (χ2n) is 6.00. The van der Waals surface area contributed by atoms with Crippen molar-refractivity contribution in [3.05, 3.63) is 59.7 Å². The average Bonchev–Trinajstić information content (AvgIpc) is 2.71. The lowest BCUT2D eigenvalue weighted by atomic mass is 10.2. The van der Waals surface area contributed by atoms with Crippen LogP contribution >= 0.6 is 12.2 Å². The third kappa shape index (κ3) is 7.66. The molecule has 0 saturated heterocycles. The molecular formula is C21H27N3O2S. The normalized spacial score (nSPS) is 10.6. The summed E-state index contributed by atoms with van der Waals surface area (Å²) in [6.45, 7) is 3.52. The summed E-state index contributed by atoms with van der Waals surface area (Å²) in [4.78, 5) is 0. The van der Waals surface area contributed by atoms with E-state index in [1.807, 2.05) is 48.5 Å². The predicted molar refractivity (Wildman–Crippen MR) is 115 cm³/mol. The van der Waals surface area contributed by atoms with Crippen molar-refractivity contribution < 1.29 is 9.47 Å². The fourth-order valence-corrected chi connectivity index (χ4v) is 2.53. The van der Waals surface area contributed by atoms with Gasteiger partial charge in [-0.3, -0.25) is 5.43 Å². The van der Waals surface area contributed by atoms with Gasteiger partial charge in [0.1, 0.15) is 0 Å². The van der Waals surface area contributed by atoms with E-state index in [1.165, 1.54) is 6.42 Å². The van der Waals surface area contributed by atoms with Gasteiger partial charge in [-0.15, -0.1) is 0 Å². The number of ether oxygens (including phenoxy) is 2. The summed E-state index contributed by atoms with van der Waals surface area (Å²) >= 11 is 5.23. The van der Waals surface area contributed by atoms with Crippen molar-refractivity contribution in [3.8, 4) is 11.5 Å². The molecule has 2 aromatic rings. The number of nitrogens with one attached hydrogen (secondary N) is 2. The summed E-state index contributed by atoms with van der Waals surface area (Å²) < 4.78 is 11.2. The summed E-state index contributed by atoms with van der Waals surface area (Å²) in [6.07, 6.45) is 5.07. The van der Waals surface area contributed by atoms with Crippen LogP contribution in [0.5, 0.6) is 11.5 Å². The van der Waals surface area contributed by atoms with E-state index in [9.17, 15) is 0 Å². The van der Waals surface area contributed by atoms with Crippen molar-refractivity contribution in [1.29, 1.82) is 0 Å². The van der Waals surface area contributed by atoms with Crippen molar-refractivity contribution in [2.75, 3.05) is 13.7 Å². The quantitative estimate of drug-likeness (QED) is 0.277. The molecule has 0 heterocycles. The largest absolute Gasteiger partial charge is 0.493 e. The molecule has 2 rings (SSSR count). The van der Waals surface area contributed by atoms with Gasteiger partial charge in [0.2, 0.25) is 0 Å². The van der Waals surface area contributed by atoms with Gasteiger partial charge >= 0.3 is 0 Å². The first-order valence-corrected chi connectivity index (χ1v) is 9.55. The molecule has 0 unspecified atom stereocenters. The van der Waals surface area contributed by atoms with Crippen molar-refractivity contribution in [2.24, 2.45) is 5.10 Å². The van der Waals surface area contributed by atoms with Crippen LogP contribution in [0.15, 0.2) is 53.6 Å². The molecule has 0 aliphatic heterocycles. The highest BCUT2D eigenvalue weighted by Gasteiger charge is 2.05. The van der Waals surface area contributed by atoms with Crippen molar-refractivity contribution in [1.82, 2.24) is 10.7 Å². The van der Waals surface area contributed by atoms with E-state index in [-0.39, 0.29) is 0 Å². The van der Waals surface area contributed by atoms with Gasteiger partial charge in [-0.05, 0) is 48.0 Å². The number of hydrazone groups is 1. The Bertz CT molecular complexity index is 735. The monoisotopic (exact) mass is 385 g/mol. The molecule has 0 spiro atoms. The summed E-state index contributed by atoms with van der Waals surface area (Å²) in [7, 11) is 1.63. The number of hydrogen-bond donors (Lipinski definition) is 2. The predicted octanol–water partition coefficient (Wildman–Crippen LogP) is 4.26. The maximum atomic E-state index is 5.79. The maximum Gasteiger partial charge on any atom is 0.187 e. The third-order valence-corrected chi connectivity index (χ3v) is 4.10. The lowest BCUT2D eigenvalue weighted by Crippen LogP contribution is -2.31. The van der Waals surface area contributed by atoms with E-state index in [0.29, 0.717) is 24.0 Å². The number of thiocarbonyl (C=S) groups is 1. The third-order valence-electron chi connectivity index (χ3n) is 3.87. The first kappa shape index (κ1) is 20.7. The summed E-state index contributed by atoms with van der Waals surface area (Å²) in [5, 5.41) is 7.75. The van der Waals surface area contributed by atoms with E-state index in [2.05, 4.69) is 22.8 Å². The van der Waals surface area contributed by atoms with Crippen LogP contribution in [0.4, 0.5) is 0 Å². The topological polar surface area (TPSA) is 54.9 Å². The Morgan fingerprint density at radius 1 is 1.11 bits per heavy atom. The lowest BCUT2D eigenvalue weighted by molar-refractivity contribution is 0.286. The van der Waals surface area contributed by atoms with Crippen molar-refractivity contribution in [3.63, 3.8) is 0 Å². The highest BCUT2D eigenvalue weighted by molar-refractivity contribution is 7.80. The van der Waals surface area contributed by atoms with E-state index < -0.39 is 0 Å². The second kappa shape index (κ2) is 11.9.